The van der Waals surface area contributed by atoms with E-state index in [2.05, 4.69) is 39.8 Å². The lowest BCUT2D eigenvalue weighted by molar-refractivity contribution is 0.580. The molecule has 3 aromatic rings. The molecular weight excluding hydrogens is 256 g/mol. The molecule has 1 N–H and O–H groups in total. The minimum absolute atomic E-state index is 0.357. The van der Waals surface area contributed by atoms with Crippen LogP contribution in [0.2, 0.25) is 0 Å². The van der Waals surface area contributed by atoms with E-state index in [9.17, 15) is 0 Å². The molecule has 98 valence electrons. The summed E-state index contributed by atoms with van der Waals surface area (Å²) < 4.78 is 1.84. The van der Waals surface area contributed by atoms with Crippen LogP contribution >= 0.6 is 11.3 Å². The van der Waals surface area contributed by atoms with Crippen molar-refractivity contribution >= 4 is 17.0 Å². The van der Waals surface area contributed by atoms with Crippen LogP contribution in [0.3, 0.4) is 0 Å². The van der Waals surface area contributed by atoms with Gasteiger partial charge in [0, 0.05) is 41.5 Å². The maximum absolute atomic E-state index is 4.41. The SMILES string of the molecule is Cc1cc2ncc(CN[C@@H](C)c3cccs3)cn2n1. The predicted octanol–water partition coefficient (Wildman–Crippen LogP) is 2.95. The number of nitrogens with one attached hydrogen (secondary N) is 1. The lowest BCUT2D eigenvalue weighted by Gasteiger charge is -2.11. The Labute approximate surface area is 116 Å². The number of rotatable bonds is 4. The van der Waals surface area contributed by atoms with Gasteiger partial charge >= 0.3 is 0 Å². The second-order valence-electron chi connectivity index (χ2n) is 4.67. The van der Waals surface area contributed by atoms with Crippen LogP contribution in [0, 0.1) is 6.92 Å². The minimum atomic E-state index is 0.357. The van der Waals surface area contributed by atoms with E-state index < -0.39 is 0 Å². The molecule has 3 rings (SSSR count). The predicted molar refractivity (Wildman–Crippen MR) is 77.3 cm³/mol. The lowest BCUT2D eigenvalue weighted by Crippen LogP contribution is -2.17. The summed E-state index contributed by atoms with van der Waals surface area (Å²) in [6, 6.07) is 6.57. The van der Waals surface area contributed by atoms with E-state index in [0.717, 1.165) is 23.4 Å². The van der Waals surface area contributed by atoms with Crippen molar-refractivity contribution in [2.75, 3.05) is 0 Å². The number of aryl methyl sites for hydroxylation is 1. The zero-order valence-corrected chi connectivity index (χ0v) is 11.8. The van der Waals surface area contributed by atoms with E-state index >= 15 is 0 Å². The summed E-state index contributed by atoms with van der Waals surface area (Å²) in [7, 11) is 0. The maximum atomic E-state index is 4.41. The summed E-state index contributed by atoms with van der Waals surface area (Å²) in [5.74, 6) is 0. The summed E-state index contributed by atoms with van der Waals surface area (Å²) in [4.78, 5) is 5.76. The third kappa shape index (κ3) is 2.67. The Hall–Kier alpha value is -1.72. The maximum Gasteiger partial charge on any atom is 0.155 e. The van der Waals surface area contributed by atoms with Crippen molar-refractivity contribution in [1.29, 1.82) is 0 Å². The lowest BCUT2D eigenvalue weighted by atomic mass is 10.2. The van der Waals surface area contributed by atoms with E-state index in [4.69, 9.17) is 0 Å². The average molecular weight is 272 g/mol. The molecule has 0 aliphatic heterocycles. The normalized spacial score (nSPS) is 12.9. The molecule has 5 heteroatoms. The first-order valence-electron chi connectivity index (χ1n) is 6.30. The number of nitrogens with zero attached hydrogens (tertiary/aromatic N) is 3. The largest absolute Gasteiger partial charge is 0.305 e. The third-order valence-corrected chi connectivity index (χ3v) is 4.13. The number of aromatic nitrogens is 3. The molecular formula is C14H16N4S. The Morgan fingerprint density at radius 2 is 2.37 bits per heavy atom. The Kier molecular flexibility index (Phi) is 3.31. The summed E-state index contributed by atoms with van der Waals surface area (Å²) in [5.41, 5.74) is 3.02. The first kappa shape index (κ1) is 12.3. The fourth-order valence-corrected chi connectivity index (χ4v) is 2.79. The molecule has 1 atom stereocenters. The fraction of sp³-hybridized carbons (Fsp3) is 0.286. The van der Waals surface area contributed by atoms with Gasteiger partial charge in [0.05, 0.1) is 5.69 Å². The Bertz CT molecular complexity index is 672. The van der Waals surface area contributed by atoms with Crippen LogP contribution in [0.5, 0.6) is 0 Å². The van der Waals surface area contributed by atoms with E-state index in [0.29, 0.717) is 6.04 Å². The van der Waals surface area contributed by atoms with Gasteiger partial charge in [-0.05, 0) is 25.3 Å². The Morgan fingerprint density at radius 1 is 1.47 bits per heavy atom. The molecule has 0 saturated carbocycles. The molecule has 0 aliphatic carbocycles. The highest BCUT2D eigenvalue weighted by Crippen LogP contribution is 2.18. The van der Waals surface area contributed by atoms with Gasteiger partial charge in [-0.3, -0.25) is 0 Å². The monoisotopic (exact) mass is 272 g/mol. The zero-order chi connectivity index (χ0) is 13.2. The van der Waals surface area contributed by atoms with Gasteiger partial charge in [-0.15, -0.1) is 11.3 Å². The highest BCUT2D eigenvalue weighted by molar-refractivity contribution is 7.10. The van der Waals surface area contributed by atoms with Gasteiger partial charge in [-0.25, -0.2) is 9.50 Å². The molecule has 0 aromatic carbocycles. The van der Waals surface area contributed by atoms with Gasteiger partial charge < -0.3 is 5.32 Å². The smallest absolute Gasteiger partial charge is 0.155 e. The molecule has 0 spiro atoms. The molecule has 0 bridgehead atoms. The molecule has 0 amide bonds. The van der Waals surface area contributed by atoms with Crippen molar-refractivity contribution in [2.45, 2.75) is 26.4 Å². The van der Waals surface area contributed by atoms with Crippen molar-refractivity contribution in [2.24, 2.45) is 0 Å². The molecule has 0 unspecified atom stereocenters. The Morgan fingerprint density at radius 3 is 3.16 bits per heavy atom. The second-order valence-corrected chi connectivity index (χ2v) is 5.65. The molecule has 3 aromatic heterocycles. The third-order valence-electron chi connectivity index (χ3n) is 3.07. The van der Waals surface area contributed by atoms with Crippen LogP contribution in [0.25, 0.3) is 5.65 Å². The standard InChI is InChI=1S/C14H16N4S/c1-10-6-14-16-8-12(9-18(14)17-10)7-15-11(2)13-4-3-5-19-13/h3-6,8-9,11,15H,7H2,1-2H3/t11-/m0/s1. The number of thiophene rings is 1. The van der Waals surface area contributed by atoms with Gasteiger partial charge in [0.2, 0.25) is 0 Å². The van der Waals surface area contributed by atoms with Crippen LogP contribution in [-0.4, -0.2) is 14.6 Å². The van der Waals surface area contributed by atoms with Crippen LogP contribution in [0.15, 0.2) is 36.0 Å². The fourth-order valence-electron chi connectivity index (χ4n) is 2.03. The van der Waals surface area contributed by atoms with E-state index in [1.54, 1.807) is 11.3 Å². The summed E-state index contributed by atoms with van der Waals surface area (Å²) in [5, 5.41) is 9.99. The van der Waals surface area contributed by atoms with Crippen molar-refractivity contribution in [3.63, 3.8) is 0 Å². The first-order chi connectivity index (χ1) is 9.22. The zero-order valence-electron chi connectivity index (χ0n) is 11.0. The van der Waals surface area contributed by atoms with Gasteiger partial charge in [-0.2, -0.15) is 5.10 Å². The van der Waals surface area contributed by atoms with Crippen LogP contribution in [-0.2, 0) is 6.54 Å². The van der Waals surface area contributed by atoms with Gasteiger partial charge in [0.1, 0.15) is 0 Å². The quantitative estimate of drug-likeness (QED) is 0.794. The van der Waals surface area contributed by atoms with Crippen LogP contribution in [0.4, 0.5) is 0 Å². The van der Waals surface area contributed by atoms with Gasteiger partial charge in [0.15, 0.2) is 5.65 Å². The molecule has 0 radical (unpaired) electrons. The van der Waals surface area contributed by atoms with Crippen molar-refractivity contribution in [1.82, 2.24) is 19.9 Å². The molecule has 0 saturated heterocycles. The van der Waals surface area contributed by atoms with Crippen molar-refractivity contribution in [3.8, 4) is 0 Å². The highest BCUT2D eigenvalue weighted by atomic mass is 32.1. The molecule has 0 aliphatic rings. The van der Waals surface area contributed by atoms with Gasteiger partial charge in [0.25, 0.3) is 0 Å². The number of hydrogen-bond donors (Lipinski definition) is 1. The molecule has 4 nitrogen and oxygen atoms in total. The molecule has 19 heavy (non-hydrogen) atoms. The van der Waals surface area contributed by atoms with Gasteiger partial charge in [-0.1, -0.05) is 6.07 Å². The highest BCUT2D eigenvalue weighted by Gasteiger charge is 2.06. The number of hydrogen-bond acceptors (Lipinski definition) is 4. The van der Waals surface area contributed by atoms with E-state index in [1.807, 2.05) is 29.9 Å². The average Bonchev–Trinajstić information content (AvgIpc) is 3.03. The summed E-state index contributed by atoms with van der Waals surface area (Å²) in [6.07, 6.45) is 3.94. The molecule has 3 heterocycles. The van der Waals surface area contributed by atoms with Crippen molar-refractivity contribution in [3.05, 3.63) is 52.1 Å². The number of fused-ring (bicyclic) bond motifs is 1. The molecule has 0 fully saturated rings. The van der Waals surface area contributed by atoms with E-state index in [-0.39, 0.29) is 0 Å². The van der Waals surface area contributed by atoms with Crippen LogP contribution in [0.1, 0.15) is 29.1 Å². The van der Waals surface area contributed by atoms with E-state index in [1.165, 1.54) is 4.88 Å². The summed E-state index contributed by atoms with van der Waals surface area (Å²) in [6.45, 7) is 4.95. The van der Waals surface area contributed by atoms with Crippen LogP contribution < -0.4 is 5.32 Å². The topological polar surface area (TPSA) is 42.2 Å². The Balaban J connectivity index is 1.71. The first-order valence-corrected chi connectivity index (χ1v) is 7.18. The minimum Gasteiger partial charge on any atom is -0.305 e. The summed E-state index contributed by atoms with van der Waals surface area (Å²) >= 11 is 1.78. The second kappa shape index (κ2) is 5.11. The van der Waals surface area contributed by atoms with Crippen molar-refractivity contribution < 1.29 is 0 Å².